The van der Waals surface area contributed by atoms with Gasteiger partial charge in [0.1, 0.15) is 5.82 Å². The lowest BCUT2D eigenvalue weighted by Crippen LogP contribution is -2.37. The fourth-order valence-electron chi connectivity index (χ4n) is 3.08. The molecule has 1 aliphatic heterocycles. The van der Waals surface area contributed by atoms with Gasteiger partial charge in [0, 0.05) is 37.0 Å². The van der Waals surface area contributed by atoms with Crippen LogP contribution in [0, 0.1) is 11.7 Å². The van der Waals surface area contributed by atoms with Crippen molar-refractivity contribution < 1.29 is 9.50 Å². The summed E-state index contributed by atoms with van der Waals surface area (Å²) in [6.45, 7) is 4.10. The van der Waals surface area contributed by atoms with Crippen molar-refractivity contribution in [1.82, 2.24) is 5.32 Å². The smallest absolute Gasteiger partial charge is 0.130 e. The fraction of sp³-hybridized carbons (Fsp3) is 0.625. The standard InChI is InChI=1S/C16H25FN2O/c1-12(18-2)16-14(17)6-3-7-15(16)19-9-4-5-13(11-19)8-10-20/h3,6-7,12-13,18,20H,4-5,8-11H2,1-2H3. The number of piperidine rings is 1. The highest BCUT2D eigenvalue weighted by atomic mass is 19.1. The van der Waals surface area contributed by atoms with Crippen LogP contribution in [0.3, 0.4) is 0 Å². The molecule has 2 N–H and O–H groups in total. The van der Waals surface area contributed by atoms with E-state index in [-0.39, 0.29) is 18.5 Å². The Bertz CT molecular complexity index is 436. The number of nitrogens with one attached hydrogen (secondary N) is 1. The van der Waals surface area contributed by atoms with Gasteiger partial charge in [-0.1, -0.05) is 6.07 Å². The van der Waals surface area contributed by atoms with Gasteiger partial charge in [0.2, 0.25) is 0 Å². The molecule has 2 atom stereocenters. The summed E-state index contributed by atoms with van der Waals surface area (Å²) in [6, 6.07) is 5.31. The number of anilines is 1. The predicted molar refractivity (Wildman–Crippen MR) is 80.5 cm³/mol. The molecule has 0 amide bonds. The molecular formula is C16H25FN2O. The molecule has 2 unspecified atom stereocenters. The topological polar surface area (TPSA) is 35.5 Å². The molecule has 1 saturated heterocycles. The zero-order valence-corrected chi connectivity index (χ0v) is 12.4. The monoisotopic (exact) mass is 280 g/mol. The van der Waals surface area contributed by atoms with E-state index in [0.717, 1.165) is 43.6 Å². The number of benzene rings is 1. The van der Waals surface area contributed by atoms with Gasteiger partial charge in [0.05, 0.1) is 0 Å². The molecule has 4 heteroatoms. The Labute approximate surface area is 120 Å². The second kappa shape index (κ2) is 7.04. The summed E-state index contributed by atoms with van der Waals surface area (Å²) in [6.07, 6.45) is 3.10. The van der Waals surface area contributed by atoms with Crippen LogP contribution in [0.5, 0.6) is 0 Å². The van der Waals surface area contributed by atoms with Gasteiger partial charge in [0.25, 0.3) is 0 Å². The second-order valence-corrected chi connectivity index (χ2v) is 5.65. The third-order valence-electron chi connectivity index (χ3n) is 4.29. The van der Waals surface area contributed by atoms with Crippen molar-refractivity contribution >= 4 is 5.69 Å². The molecule has 0 aliphatic carbocycles. The van der Waals surface area contributed by atoms with E-state index in [2.05, 4.69) is 10.2 Å². The van der Waals surface area contributed by atoms with Crippen molar-refractivity contribution in [2.24, 2.45) is 5.92 Å². The van der Waals surface area contributed by atoms with Crippen LogP contribution in [0.15, 0.2) is 18.2 Å². The summed E-state index contributed by atoms with van der Waals surface area (Å²) >= 11 is 0. The maximum atomic E-state index is 14.2. The number of hydrogen-bond acceptors (Lipinski definition) is 3. The van der Waals surface area contributed by atoms with Gasteiger partial charge in [-0.2, -0.15) is 0 Å². The van der Waals surface area contributed by atoms with Crippen LogP contribution in [0.4, 0.5) is 10.1 Å². The molecule has 112 valence electrons. The molecule has 20 heavy (non-hydrogen) atoms. The highest BCUT2D eigenvalue weighted by molar-refractivity contribution is 5.56. The summed E-state index contributed by atoms with van der Waals surface area (Å²) < 4.78 is 14.2. The van der Waals surface area contributed by atoms with Crippen molar-refractivity contribution in [3.05, 3.63) is 29.6 Å². The first-order chi connectivity index (χ1) is 9.67. The Kier molecular flexibility index (Phi) is 5.38. The Hall–Kier alpha value is -1.13. The largest absolute Gasteiger partial charge is 0.396 e. The van der Waals surface area contributed by atoms with Crippen LogP contribution in [0.1, 0.15) is 37.8 Å². The third-order valence-corrected chi connectivity index (χ3v) is 4.29. The van der Waals surface area contributed by atoms with E-state index in [9.17, 15) is 4.39 Å². The minimum atomic E-state index is -0.145. The summed E-state index contributed by atoms with van der Waals surface area (Å²) in [5.41, 5.74) is 1.74. The minimum Gasteiger partial charge on any atom is -0.396 e. The summed E-state index contributed by atoms with van der Waals surface area (Å²) in [5.74, 6) is 0.364. The highest BCUT2D eigenvalue weighted by Gasteiger charge is 2.24. The van der Waals surface area contributed by atoms with E-state index in [0.29, 0.717) is 5.92 Å². The van der Waals surface area contributed by atoms with E-state index in [1.54, 1.807) is 6.07 Å². The van der Waals surface area contributed by atoms with Gasteiger partial charge in [-0.15, -0.1) is 0 Å². The fourth-order valence-corrected chi connectivity index (χ4v) is 3.08. The molecule has 2 rings (SSSR count). The van der Waals surface area contributed by atoms with E-state index in [1.807, 2.05) is 20.0 Å². The first-order valence-electron chi connectivity index (χ1n) is 7.48. The van der Waals surface area contributed by atoms with E-state index >= 15 is 0 Å². The van der Waals surface area contributed by atoms with Crippen LogP contribution in [0.25, 0.3) is 0 Å². The minimum absolute atomic E-state index is 0.00980. The zero-order valence-electron chi connectivity index (χ0n) is 12.4. The maximum Gasteiger partial charge on any atom is 0.130 e. The lowest BCUT2D eigenvalue weighted by Gasteiger charge is -2.36. The molecule has 0 bridgehead atoms. The first kappa shape index (κ1) is 15.3. The molecule has 0 radical (unpaired) electrons. The number of rotatable bonds is 5. The van der Waals surface area contributed by atoms with Crippen molar-refractivity contribution in [3.8, 4) is 0 Å². The van der Waals surface area contributed by atoms with Gasteiger partial charge >= 0.3 is 0 Å². The number of hydrogen-bond donors (Lipinski definition) is 2. The molecule has 1 aromatic carbocycles. The molecule has 1 heterocycles. The van der Waals surface area contributed by atoms with Crippen LogP contribution < -0.4 is 10.2 Å². The third kappa shape index (κ3) is 3.30. The average molecular weight is 280 g/mol. The van der Waals surface area contributed by atoms with E-state index in [1.165, 1.54) is 6.07 Å². The molecule has 0 spiro atoms. The molecule has 0 saturated carbocycles. The number of halogens is 1. The van der Waals surface area contributed by atoms with Gasteiger partial charge in [-0.05, 0) is 51.3 Å². The van der Waals surface area contributed by atoms with Gasteiger partial charge in [-0.25, -0.2) is 4.39 Å². The van der Waals surface area contributed by atoms with Crippen LogP contribution >= 0.6 is 0 Å². The van der Waals surface area contributed by atoms with Crippen molar-refractivity contribution in [3.63, 3.8) is 0 Å². The molecule has 0 aromatic heterocycles. The van der Waals surface area contributed by atoms with Gasteiger partial charge in [-0.3, -0.25) is 0 Å². The Morgan fingerprint density at radius 2 is 2.30 bits per heavy atom. The Balaban J connectivity index is 2.25. The average Bonchev–Trinajstić information content (AvgIpc) is 2.47. The van der Waals surface area contributed by atoms with Crippen molar-refractivity contribution in [1.29, 1.82) is 0 Å². The number of aliphatic hydroxyl groups excluding tert-OH is 1. The summed E-state index contributed by atoms with van der Waals surface area (Å²) in [4.78, 5) is 2.27. The normalized spacial score (nSPS) is 21.0. The number of nitrogens with zero attached hydrogens (tertiary/aromatic N) is 1. The van der Waals surface area contributed by atoms with Crippen LogP contribution in [0.2, 0.25) is 0 Å². The SMILES string of the molecule is CNC(C)c1c(F)cccc1N1CCCC(CCO)C1. The van der Waals surface area contributed by atoms with Crippen molar-refractivity contribution in [2.45, 2.75) is 32.2 Å². The lowest BCUT2D eigenvalue weighted by atomic mass is 9.93. The Morgan fingerprint density at radius 1 is 1.50 bits per heavy atom. The van der Waals surface area contributed by atoms with Gasteiger partial charge in [0.15, 0.2) is 0 Å². The maximum absolute atomic E-state index is 14.2. The molecule has 1 fully saturated rings. The van der Waals surface area contributed by atoms with Gasteiger partial charge < -0.3 is 15.3 Å². The molecular weight excluding hydrogens is 255 g/mol. The molecule has 1 aliphatic rings. The lowest BCUT2D eigenvalue weighted by molar-refractivity contribution is 0.244. The molecule has 1 aromatic rings. The molecule has 3 nitrogen and oxygen atoms in total. The first-order valence-corrected chi connectivity index (χ1v) is 7.48. The van der Waals surface area contributed by atoms with Crippen LogP contribution in [-0.4, -0.2) is 31.9 Å². The summed E-state index contributed by atoms with van der Waals surface area (Å²) in [5, 5.41) is 12.2. The highest BCUT2D eigenvalue weighted by Crippen LogP contribution is 2.32. The quantitative estimate of drug-likeness (QED) is 0.870. The van der Waals surface area contributed by atoms with Crippen LogP contribution in [-0.2, 0) is 0 Å². The Morgan fingerprint density at radius 3 is 3.00 bits per heavy atom. The zero-order chi connectivity index (χ0) is 14.5. The second-order valence-electron chi connectivity index (χ2n) is 5.65. The van der Waals surface area contributed by atoms with Crippen molar-refractivity contribution in [2.75, 3.05) is 31.6 Å². The van der Waals surface area contributed by atoms with E-state index < -0.39 is 0 Å². The summed E-state index contributed by atoms with van der Waals surface area (Å²) in [7, 11) is 1.85. The number of aliphatic hydroxyl groups is 1. The predicted octanol–water partition coefficient (Wildman–Crippen LogP) is 2.70. The van der Waals surface area contributed by atoms with E-state index in [4.69, 9.17) is 5.11 Å².